The van der Waals surface area contributed by atoms with E-state index in [0.717, 1.165) is 5.56 Å². The summed E-state index contributed by atoms with van der Waals surface area (Å²) < 4.78 is 13.3. The molecule has 23 heavy (non-hydrogen) atoms. The maximum Gasteiger partial charge on any atom is 0.239 e. The van der Waals surface area contributed by atoms with Crippen molar-refractivity contribution in [3.05, 3.63) is 35.1 Å². The summed E-state index contributed by atoms with van der Waals surface area (Å²) in [7, 11) is 1.60. The Bertz CT molecular complexity index is 568. The van der Waals surface area contributed by atoms with Crippen molar-refractivity contribution >= 4 is 11.9 Å². The highest BCUT2D eigenvalue weighted by atomic mass is 19.1. The average molecular weight is 324 g/mol. The first-order valence-corrected chi connectivity index (χ1v) is 7.39. The lowest BCUT2D eigenvalue weighted by atomic mass is 10.1. The van der Waals surface area contributed by atoms with Gasteiger partial charge in [-0.2, -0.15) is 0 Å². The van der Waals surface area contributed by atoms with Crippen molar-refractivity contribution in [3.8, 4) is 0 Å². The molecule has 1 rings (SSSR count). The normalized spacial score (nSPS) is 12.0. The van der Waals surface area contributed by atoms with E-state index in [2.05, 4.69) is 20.9 Å². The van der Waals surface area contributed by atoms with Crippen LogP contribution in [0.25, 0.3) is 0 Å². The molecule has 7 heteroatoms. The molecule has 0 aliphatic rings. The van der Waals surface area contributed by atoms with Crippen LogP contribution in [0.3, 0.4) is 0 Å². The van der Waals surface area contributed by atoms with E-state index in [1.54, 1.807) is 19.2 Å². The summed E-state index contributed by atoms with van der Waals surface area (Å²) >= 11 is 0. The number of aliphatic hydroxyl groups is 1. The summed E-state index contributed by atoms with van der Waals surface area (Å²) in [4.78, 5) is 15.8. The number of rotatable bonds is 5. The summed E-state index contributed by atoms with van der Waals surface area (Å²) in [6.07, 6.45) is 0. The third-order valence-corrected chi connectivity index (χ3v) is 2.89. The molecule has 0 spiro atoms. The molecule has 0 saturated carbocycles. The lowest BCUT2D eigenvalue weighted by Crippen LogP contribution is -2.48. The molecule has 0 aliphatic carbocycles. The number of halogens is 1. The molecule has 0 heterocycles. The Labute approximate surface area is 136 Å². The van der Waals surface area contributed by atoms with Crippen LogP contribution in [-0.4, -0.2) is 36.1 Å². The molecule has 6 nitrogen and oxygen atoms in total. The molecule has 0 radical (unpaired) electrons. The summed E-state index contributed by atoms with van der Waals surface area (Å²) in [6, 6.07) is 4.53. The topological polar surface area (TPSA) is 85.8 Å². The van der Waals surface area contributed by atoms with Gasteiger partial charge in [0, 0.05) is 24.7 Å². The van der Waals surface area contributed by atoms with Crippen LogP contribution < -0.4 is 16.0 Å². The Morgan fingerprint density at radius 2 is 2.00 bits per heavy atom. The van der Waals surface area contributed by atoms with Crippen LogP contribution in [0, 0.1) is 5.82 Å². The van der Waals surface area contributed by atoms with Gasteiger partial charge in [-0.3, -0.25) is 9.79 Å². The fourth-order valence-electron chi connectivity index (χ4n) is 1.89. The van der Waals surface area contributed by atoms with Gasteiger partial charge in [0.25, 0.3) is 0 Å². The Morgan fingerprint density at radius 1 is 1.30 bits per heavy atom. The number of nitrogens with zero attached hydrogens (tertiary/aromatic N) is 1. The zero-order valence-corrected chi connectivity index (χ0v) is 14.0. The number of hydrogen-bond acceptors (Lipinski definition) is 3. The van der Waals surface area contributed by atoms with Gasteiger partial charge in [0.2, 0.25) is 5.91 Å². The minimum absolute atomic E-state index is 0.0995. The van der Waals surface area contributed by atoms with E-state index in [4.69, 9.17) is 5.11 Å². The van der Waals surface area contributed by atoms with E-state index in [1.807, 2.05) is 20.8 Å². The van der Waals surface area contributed by atoms with Gasteiger partial charge in [-0.05, 0) is 38.5 Å². The maximum absolute atomic E-state index is 13.3. The Morgan fingerprint density at radius 3 is 2.57 bits per heavy atom. The molecule has 1 aromatic carbocycles. The van der Waals surface area contributed by atoms with Crippen molar-refractivity contribution in [3.63, 3.8) is 0 Å². The summed E-state index contributed by atoms with van der Waals surface area (Å²) in [5.41, 5.74) is 0.763. The second kappa shape index (κ2) is 8.47. The predicted molar refractivity (Wildman–Crippen MR) is 88.4 cm³/mol. The van der Waals surface area contributed by atoms with Crippen molar-refractivity contribution in [1.29, 1.82) is 0 Å². The van der Waals surface area contributed by atoms with Crippen LogP contribution in [0.1, 0.15) is 31.9 Å². The molecular formula is C16H25FN4O2. The zero-order chi connectivity index (χ0) is 17.5. The third-order valence-electron chi connectivity index (χ3n) is 2.89. The van der Waals surface area contributed by atoms with Gasteiger partial charge in [-0.1, -0.05) is 6.07 Å². The highest BCUT2D eigenvalue weighted by Crippen LogP contribution is 2.10. The molecule has 128 valence electrons. The fourth-order valence-corrected chi connectivity index (χ4v) is 1.89. The average Bonchev–Trinajstić information content (AvgIpc) is 2.47. The number of carbonyl (C=O) groups is 1. The first-order valence-electron chi connectivity index (χ1n) is 7.39. The van der Waals surface area contributed by atoms with Crippen molar-refractivity contribution in [2.24, 2.45) is 4.99 Å². The molecule has 0 aliphatic heterocycles. The van der Waals surface area contributed by atoms with Crippen molar-refractivity contribution in [1.82, 2.24) is 16.0 Å². The van der Waals surface area contributed by atoms with Crippen molar-refractivity contribution < 1.29 is 14.3 Å². The molecule has 0 atom stereocenters. The van der Waals surface area contributed by atoms with Crippen LogP contribution in [0.2, 0.25) is 0 Å². The zero-order valence-electron chi connectivity index (χ0n) is 14.0. The van der Waals surface area contributed by atoms with Gasteiger partial charge in [0.05, 0.1) is 13.2 Å². The standard InChI is InChI=1S/C16H25FN4O2/c1-16(2,3)21-14(23)9-20-15(18-4)19-8-11-5-6-13(17)12(7-11)10-22/h5-7,22H,8-10H2,1-4H3,(H,21,23)(H2,18,19,20). The van der Waals surface area contributed by atoms with Gasteiger partial charge in [0.1, 0.15) is 5.82 Å². The molecule has 1 aromatic rings. The van der Waals surface area contributed by atoms with E-state index in [-0.39, 0.29) is 30.2 Å². The first-order chi connectivity index (χ1) is 10.7. The number of aliphatic hydroxyl groups excluding tert-OH is 1. The number of hydrogen-bond donors (Lipinski definition) is 4. The highest BCUT2D eigenvalue weighted by molar-refractivity contribution is 5.86. The molecule has 0 saturated heterocycles. The lowest BCUT2D eigenvalue weighted by Gasteiger charge is -2.21. The number of amides is 1. The summed E-state index contributed by atoms with van der Waals surface area (Å²) in [5.74, 6) is -0.105. The van der Waals surface area contributed by atoms with Gasteiger partial charge < -0.3 is 21.1 Å². The van der Waals surface area contributed by atoms with Crippen molar-refractivity contribution in [2.45, 2.75) is 39.5 Å². The number of carbonyl (C=O) groups excluding carboxylic acids is 1. The quantitative estimate of drug-likeness (QED) is 0.479. The van der Waals surface area contributed by atoms with E-state index in [1.165, 1.54) is 6.07 Å². The first kappa shape index (κ1) is 18.9. The van der Waals surface area contributed by atoms with E-state index < -0.39 is 5.82 Å². The molecular weight excluding hydrogens is 299 g/mol. The number of guanidine groups is 1. The molecule has 0 fully saturated rings. The van der Waals surface area contributed by atoms with E-state index >= 15 is 0 Å². The monoisotopic (exact) mass is 324 g/mol. The second-order valence-corrected chi connectivity index (χ2v) is 6.16. The van der Waals surface area contributed by atoms with E-state index in [0.29, 0.717) is 12.5 Å². The molecule has 4 N–H and O–H groups in total. The third kappa shape index (κ3) is 7.10. The number of aliphatic imine (C=N–C) groups is 1. The van der Waals surface area contributed by atoms with Crippen LogP contribution in [-0.2, 0) is 17.9 Å². The Kier molecular flexibility index (Phi) is 6.96. The minimum atomic E-state index is -0.433. The summed E-state index contributed by atoms with van der Waals surface area (Å²) in [5, 5.41) is 17.8. The minimum Gasteiger partial charge on any atom is -0.392 e. The highest BCUT2D eigenvalue weighted by Gasteiger charge is 2.13. The number of benzene rings is 1. The van der Waals surface area contributed by atoms with E-state index in [9.17, 15) is 9.18 Å². The van der Waals surface area contributed by atoms with Crippen LogP contribution in [0.5, 0.6) is 0 Å². The van der Waals surface area contributed by atoms with Crippen LogP contribution in [0.4, 0.5) is 4.39 Å². The lowest BCUT2D eigenvalue weighted by molar-refractivity contribution is -0.121. The van der Waals surface area contributed by atoms with Gasteiger partial charge in [0.15, 0.2) is 5.96 Å². The predicted octanol–water partition coefficient (Wildman–Crippen LogP) is 0.898. The van der Waals surface area contributed by atoms with Crippen molar-refractivity contribution in [2.75, 3.05) is 13.6 Å². The van der Waals surface area contributed by atoms with Crippen LogP contribution in [0.15, 0.2) is 23.2 Å². The van der Waals surface area contributed by atoms with Gasteiger partial charge >= 0.3 is 0 Å². The van der Waals surface area contributed by atoms with Gasteiger partial charge in [-0.25, -0.2) is 4.39 Å². The SMILES string of the molecule is CN=C(NCC(=O)NC(C)(C)C)NCc1ccc(F)c(CO)c1. The van der Waals surface area contributed by atoms with Gasteiger partial charge in [-0.15, -0.1) is 0 Å². The maximum atomic E-state index is 13.3. The fraction of sp³-hybridized carbons (Fsp3) is 0.500. The smallest absolute Gasteiger partial charge is 0.239 e. The summed E-state index contributed by atoms with van der Waals surface area (Å²) in [6.45, 7) is 5.87. The largest absolute Gasteiger partial charge is 0.392 e. The molecule has 1 amide bonds. The molecule has 0 aromatic heterocycles. The van der Waals surface area contributed by atoms with Crippen LogP contribution >= 0.6 is 0 Å². The molecule has 0 bridgehead atoms. The number of nitrogens with one attached hydrogen (secondary N) is 3. The molecule has 0 unspecified atom stereocenters. The second-order valence-electron chi connectivity index (χ2n) is 6.16. The Hall–Kier alpha value is -2.15. The Balaban J connectivity index is 2.50.